The van der Waals surface area contributed by atoms with E-state index >= 15 is 0 Å². The van der Waals surface area contributed by atoms with Crippen LogP contribution in [0.25, 0.3) is 0 Å². The van der Waals surface area contributed by atoms with Crippen LogP contribution in [0.3, 0.4) is 0 Å². The van der Waals surface area contributed by atoms with Crippen molar-refractivity contribution < 1.29 is 29.0 Å². The molecule has 9 heteroatoms. The number of amides is 1. The highest BCUT2D eigenvalue weighted by molar-refractivity contribution is 8.45. The van der Waals surface area contributed by atoms with Gasteiger partial charge in [0.05, 0.1) is 12.7 Å². The van der Waals surface area contributed by atoms with Crippen LogP contribution in [0, 0.1) is 0 Å². The number of ether oxygens (including phenoxy) is 1. The van der Waals surface area contributed by atoms with Crippen LogP contribution in [0.2, 0.25) is 0 Å². The van der Waals surface area contributed by atoms with Crippen LogP contribution in [0.15, 0.2) is 23.1 Å². The van der Waals surface area contributed by atoms with E-state index in [1.807, 2.05) is 0 Å². The van der Waals surface area contributed by atoms with Crippen LogP contribution in [0.5, 0.6) is 5.75 Å². The highest BCUT2D eigenvalue weighted by Gasteiger charge is 2.65. The van der Waals surface area contributed by atoms with Crippen molar-refractivity contribution >= 4 is 16.1 Å². The van der Waals surface area contributed by atoms with Gasteiger partial charge in [-0.05, 0) is 18.2 Å². The Morgan fingerprint density at radius 3 is 2.12 bits per heavy atom. The molecule has 0 saturated carbocycles. The number of carbonyl (C=O) groups excluding carboxylic acids is 1. The lowest BCUT2D eigenvalue weighted by molar-refractivity contribution is 0.0997. The Kier molecular flexibility index (Phi) is 2.42. The third kappa shape index (κ3) is 2.99. The molecule has 0 radical (unpaired) electrons. The monoisotopic (exact) mass is 277 g/mol. The summed E-state index contributed by atoms with van der Waals surface area (Å²) >= 11 is 0. The molecule has 1 amide bonds. The summed E-state index contributed by atoms with van der Waals surface area (Å²) in [6.07, 6.45) is 0. The SMILES string of the molecule is COc1ccc(S(F)(F)(F)(F)F)cc1C(N)=O. The summed E-state index contributed by atoms with van der Waals surface area (Å²) < 4.78 is 66.7. The molecular weight excluding hydrogens is 269 g/mol. The quantitative estimate of drug-likeness (QED) is 0.860. The Hall–Kier alpha value is -1.51. The number of primary amides is 1. The number of hydrogen-bond donors (Lipinski definition) is 1. The third-order valence-electron chi connectivity index (χ3n) is 1.88. The van der Waals surface area contributed by atoms with E-state index in [2.05, 4.69) is 4.74 Å². The number of halogens is 5. The maximum atomic E-state index is 12.4. The molecule has 3 nitrogen and oxygen atoms in total. The molecule has 1 aromatic carbocycles. The second-order valence-electron chi connectivity index (χ2n) is 3.20. The molecule has 0 spiro atoms. The lowest BCUT2D eigenvalue weighted by Crippen LogP contribution is -2.14. The summed E-state index contributed by atoms with van der Waals surface area (Å²) in [7, 11) is -8.74. The summed E-state index contributed by atoms with van der Waals surface area (Å²) in [4.78, 5) is 8.63. The average molecular weight is 277 g/mol. The van der Waals surface area contributed by atoms with E-state index in [-0.39, 0.29) is 17.9 Å². The number of carbonyl (C=O) groups is 1. The van der Waals surface area contributed by atoms with Gasteiger partial charge in [-0.25, -0.2) is 0 Å². The van der Waals surface area contributed by atoms with E-state index in [0.717, 1.165) is 7.11 Å². The van der Waals surface area contributed by atoms with Gasteiger partial charge >= 0.3 is 10.2 Å². The fourth-order valence-electron chi connectivity index (χ4n) is 1.12. The molecule has 17 heavy (non-hydrogen) atoms. The number of methoxy groups -OCH3 is 1. The van der Waals surface area contributed by atoms with Crippen LogP contribution in [0.1, 0.15) is 10.4 Å². The van der Waals surface area contributed by atoms with Crippen LogP contribution in [0.4, 0.5) is 19.4 Å². The minimum atomic E-state index is -9.81. The maximum Gasteiger partial charge on any atom is 0.310 e. The summed E-state index contributed by atoms with van der Waals surface area (Å²) in [5.41, 5.74) is 4.02. The molecule has 0 heterocycles. The van der Waals surface area contributed by atoms with Crippen LogP contribution < -0.4 is 10.5 Å². The zero-order valence-electron chi connectivity index (χ0n) is 8.42. The van der Waals surface area contributed by atoms with Crippen molar-refractivity contribution in [2.75, 3.05) is 7.11 Å². The Balaban J connectivity index is 3.54. The first-order chi connectivity index (χ1) is 7.35. The molecule has 0 unspecified atom stereocenters. The molecule has 0 aromatic heterocycles. The van der Waals surface area contributed by atoms with Crippen molar-refractivity contribution in [3.05, 3.63) is 23.8 Å². The van der Waals surface area contributed by atoms with Gasteiger partial charge in [0.2, 0.25) is 0 Å². The molecule has 0 aliphatic rings. The summed E-state index contributed by atoms with van der Waals surface area (Å²) in [6, 6.07) is 0.753. The molecular formula is C8H8F5NO2S. The van der Waals surface area contributed by atoms with Crippen molar-refractivity contribution in [2.45, 2.75) is 4.90 Å². The van der Waals surface area contributed by atoms with E-state index in [0.29, 0.717) is 6.07 Å². The smallest absolute Gasteiger partial charge is 0.310 e. The molecule has 0 atom stereocenters. The molecule has 1 rings (SSSR count). The molecule has 0 saturated heterocycles. The highest BCUT2D eigenvalue weighted by atomic mass is 32.5. The average Bonchev–Trinajstić information content (AvgIpc) is 2.13. The van der Waals surface area contributed by atoms with Crippen LogP contribution in [-0.2, 0) is 0 Å². The lowest BCUT2D eigenvalue weighted by Gasteiger charge is -2.40. The Labute approximate surface area is 93.1 Å². The lowest BCUT2D eigenvalue weighted by atomic mass is 10.2. The first-order valence-electron chi connectivity index (χ1n) is 4.07. The van der Waals surface area contributed by atoms with Crippen molar-refractivity contribution in [1.82, 2.24) is 0 Å². The zero-order valence-corrected chi connectivity index (χ0v) is 9.24. The number of hydrogen-bond acceptors (Lipinski definition) is 2. The second-order valence-corrected chi connectivity index (χ2v) is 5.60. The molecule has 0 aliphatic heterocycles. The summed E-state index contributed by atoms with van der Waals surface area (Å²) in [5, 5.41) is 0. The largest absolute Gasteiger partial charge is 0.496 e. The maximum absolute atomic E-state index is 12.4. The minimum Gasteiger partial charge on any atom is -0.496 e. The molecule has 1 aromatic rings. The second kappa shape index (κ2) is 3.03. The van der Waals surface area contributed by atoms with Crippen molar-refractivity contribution in [1.29, 1.82) is 0 Å². The molecule has 98 valence electrons. The van der Waals surface area contributed by atoms with E-state index < -0.39 is 26.6 Å². The van der Waals surface area contributed by atoms with Gasteiger partial charge in [-0.2, -0.15) is 0 Å². The molecule has 0 fully saturated rings. The van der Waals surface area contributed by atoms with Gasteiger partial charge in [0.25, 0.3) is 5.91 Å². The van der Waals surface area contributed by atoms with Gasteiger partial charge in [-0.15, -0.1) is 0 Å². The fourth-order valence-corrected chi connectivity index (χ4v) is 1.79. The zero-order chi connectivity index (χ0) is 13.5. The number of benzene rings is 1. The van der Waals surface area contributed by atoms with E-state index in [1.165, 1.54) is 0 Å². The minimum absolute atomic E-state index is 0.0112. The van der Waals surface area contributed by atoms with Crippen LogP contribution >= 0.6 is 10.2 Å². The van der Waals surface area contributed by atoms with Crippen molar-refractivity contribution in [3.8, 4) is 5.75 Å². The Morgan fingerprint density at radius 2 is 1.76 bits per heavy atom. The third-order valence-corrected chi connectivity index (χ3v) is 3.03. The first kappa shape index (κ1) is 13.6. The first-order valence-corrected chi connectivity index (χ1v) is 6.02. The normalized spacial score (nSPS) is 15.9. The van der Waals surface area contributed by atoms with E-state index in [4.69, 9.17) is 5.73 Å². The topological polar surface area (TPSA) is 52.3 Å². The van der Waals surface area contributed by atoms with Gasteiger partial charge in [0.15, 0.2) is 0 Å². The molecule has 2 N–H and O–H groups in total. The standard InChI is InChI=1S/C8H8F5NO2S/c1-16-7-3-2-5(4-6(7)8(14)15)17(9,10,11,12)13/h2-4H,1H3,(H2,14,15). The number of nitrogens with two attached hydrogens (primary N) is 1. The van der Waals surface area contributed by atoms with Gasteiger partial charge in [-0.1, -0.05) is 19.4 Å². The highest BCUT2D eigenvalue weighted by Crippen LogP contribution is 3.02. The van der Waals surface area contributed by atoms with Crippen molar-refractivity contribution in [3.63, 3.8) is 0 Å². The van der Waals surface area contributed by atoms with Gasteiger partial charge in [-0.3, -0.25) is 4.79 Å². The Bertz CT molecular complexity index is 484. The predicted octanol–water partition coefficient (Wildman–Crippen LogP) is 3.45. The van der Waals surface area contributed by atoms with E-state index in [1.54, 1.807) is 0 Å². The number of rotatable bonds is 3. The van der Waals surface area contributed by atoms with Gasteiger partial charge in [0.1, 0.15) is 10.6 Å². The molecule has 0 aliphatic carbocycles. The summed E-state index contributed by atoms with van der Waals surface area (Å²) in [5.74, 6) is -1.59. The Morgan fingerprint density at radius 1 is 1.24 bits per heavy atom. The van der Waals surface area contributed by atoms with Crippen molar-refractivity contribution in [2.24, 2.45) is 5.73 Å². The van der Waals surface area contributed by atoms with Gasteiger partial charge in [0, 0.05) is 0 Å². The van der Waals surface area contributed by atoms with Crippen LogP contribution in [-0.4, -0.2) is 13.0 Å². The predicted molar refractivity (Wildman–Crippen MR) is 52.9 cm³/mol. The fraction of sp³-hybridized carbons (Fsp3) is 0.125. The molecule has 0 bridgehead atoms. The van der Waals surface area contributed by atoms with Gasteiger partial charge < -0.3 is 10.5 Å². The summed E-state index contributed by atoms with van der Waals surface area (Å²) in [6.45, 7) is 0. The van der Waals surface area contributed by atoms with E-state index in [9.17, 15) is 24.2 Å².